The van der Waals surface area contributed by atoms with Crippen LogP contribution in [0.3, 0.4) is 0 Å². The first-order valence-electron chi connectivity index (χ1n) is 8.57. The quantitative estimate of drug-likeness (QED) is 0.800. The first-order valence-corrected chi connectivity index (χ1v) is 9.39. The standard InChI is InChI=1S/C18H23N3O3S/c1-12-2-4-14-15(10-12)25-18(20-14)21-8-6-13(7-9-21)3-5-17(23)24-11-16(19)22/h2,4,10,13H,3,5-9,11H2,1H3,(H2,19,22). The number of piperidine rings is 1. The fourth-order valence-corrected chi connectivity index (χ4v) is 4.23. The lowest BCUT2D eigenvalue weighted by Gasteiger charge is -2.31. The molecule has 0 bridgehead atoms. The first kappa shape index (κ1) is 17.7. The van der Waals surface area contributed by atoms with Crippen LogP contribution in [0, 0.1) is 12.8 Å². The highest BCUT2D eigenvalue weighted by Gasteiger charge is 2.22. The Hall–Kier alpha value is -2.15. The summed E-state index contributed by atoms with van der Waals surface area (Å²) in [5.41, 5.74) is 7.27. The van der Waals surface area contributed by atoms with Gasteiger partial charge in [-0.2, -0.15) is 0 Å². The number of benzene rings is 1. The summed E-state index contributed by atoms with van der Waals surface area (Å²) < 4.78 is 6.03. The first-order chi connectivity index (χ1) is 12.0. The van der Waals surface area contributed by atoms with Crippen LogP contribution in [0.25, 0.3) is 10.2 Å². The van der Waals surface area contributed by atoms with Crippen LogP contribution >= 0.6 is 11.3 Å². The van der Waals surface area contributed by atoms with E-state index in [9.17, 15) is 9.59 Å². The Morgan fingerprint density at radius 1 is 1.36 bits per heavy atom. The molecule has 0 radical (unpaired) electrons. The third kappa shape index (κ3) is 4.69. The van der Waals surface area contributed by atoms with Gasteiger partial charge in [-0.25, -0.2) is 4.98 Å². The summed E-state index contributed by atoms with van der Waals surface area (Å²) in [6.07, 6.45) is 3.22. The predicted molar refractivity (Wildman–Crippen MR) is 98.7 cm³/mol. The van der Waals surface area contributed by atoms with E-state index in [2.05, 4.69) is 30.0 Å². The van der Waals surface area contributed by atoms with Gasteiger partial charge in [0.1, 0.15) is 0 Å². The number of aryl methyl sites for hydroxylation is 1. The Labute approximate surface area is 151 Å². The molecule has 134 valence electrons. The summed E-state index contributed by atoms with van der Waals surface area (Å²) in [6, 6.07) is 6.35. The number of aromatic nitrogens is 1. The Morgan fingerprint density at radius 3 is 2.84 bits per heavy atom. The Kier molecular flexibility index (Phi) is 5.53. The molecule has 0 saturated carbocycles. The number of carbonyl (C=O) groups is 2. The number of carbonyl (C=O) groups excluding carboxylic acids is 2. The van der Waals surface area contributed by atoms with E-state index in [4.69, 9.17) is 15.5 Å². The molecule has 1 aliphatic rings. The number of nitrogens with two attached hydrogens (primary N) is 1. The minimum atomic E-state index is -0.618. The summed E-state index contributed by atoms with van der Waals surface area (Å²) in [7, 11) is 0. The summed E-state index contributed by atoms with van der Waals surface area (Å²) >= 11 is 1.74. The molecule has 3 rings (SSSR count). The summed E-state index contributed by atoms with van der Waals surface area (Å²) in [4.78, 5) is 29.2. The number of esters is 1. The van der Waals surface area contributed by atoms with Crippen LogP contribution in [0.1, 0.15) is 31.2 Å². The average molecular weight is 361 g/mol. The molecule has 1 aromatic carbocycles. The van der Waals surface area contributed by atoms with Crippen LogP contribution in [0.5, 0.6) is 0 Å². The number of rotatable bonds is 6. The molecule has 7 heteroatoms. The van der Waals surface area contributed by atoms with E-state index in [1.54, 1.807) is 11.3 Å². The minimum Gasteiger partial charge on any atom is -0.456 e. The summed E-state index contributed by atoms with van der Waals surface area (Å²) in [6.45, 7) is 3.69. The van der Waals surface area contributed by atoms with Crippen LogP contribution in [-0.4, -0.2) is 36.6 Å². The van der Waals surface area contributed by atoms with Crippen molar-refractivity contribution < 1.29 is 14.3 Å². The van der Waals surface area contributed by atoms with Gasteiger partial charge in [-0.1, -0.05) is 17.4 Å². The van der Waals surface area contributed by atoms with E-state index in [0.717, 1.165) is 43.0 Å². The van der Waals surface area contributed by atoms with E-state index in [-0.39, 0.29) is 12.6 Å². The lowest BCUT2D eigenvalue weighted by atomic mass is 9.92. The number of nitrogens with zero attached hydrogens (tertiary/aromatic N) is 2. The SMILES string of the molecule is Cc1ccc2nc(N3CCC(CCC(=O)OCC(N)=O)CC3)sc2c1. The Morgan fingerprint density at radius 2 is 2.12 bits per heavy atom. The van der Waals surface area contributed by atoms with Crippen molar-refractivity contribution in [3.8, 4) is 0 Å². The highest BCUT2D eigenvalue weighted by atomic mass is 32.1. The molecule has 1 fully saturated rings. The molecule has 0 spiro atoms. The number of fused-ring (bicyclic) bond motifs is 1. The maximum absolute atomic E-state index is 11.6. The van der Waals surface area contributed by atoms with Crippen LogP contribution in [-0.2, 0) is 14.3 Å². The normalized spacial score (nSPS) is 15.5. The number of amides is 1. The van der Waals surface area contributed by atoms with Crippen LogP contribution in [0.4, 0.5) is 5.13 Å². The number of primary amides is 1. The molecule has 2 N–H and O–H groups in total. The lowest BCUT2D eigenvalue weighted by Crippen LogP contribution is -2.33. The third-order valence-corrected chi connectivity index (χ3v) is 5.63. The van der Waals surface area contributed by atoms with E-state index >= 15 is 0 Å². The summed E-state index contributed by atoms with van der Waals surface area (Å²) in [5.74, 6) is -0.454. The lowest BCUT2D eigenvalue weighted by molar-refractivity contribution is -0.148. The van der Waals surface area contributed by atoms with E-state index in [1.807, 2.05) is 0 Å². The molecule has 6 nitrogen and oxygen atoms in total. The molecule has 2 heterocycles. The van der Waals surface area contributed by atoms with Crippen molar-refractivity contribution in [1.29, 1.82) is 0 Å². The second-order valence-electron chi connectivity index (χ2n) is 6.56. The Bertz CT molecular complexity index is 766. The molecule has 1 amide bonds. The van der Waals surface area contributed by atoms with Gasteiger partial charge in [-0.3, -0.25) is 9.59 Å². The van der Waals surface area contributed by atoms with Crippen LogP contribution in [0.2, 0.25) is 0 Å². The molecule has 0 unspecified atom stereocenters. The largest absolute Gasteiger partial charge is 0.456 e. The van der Waals surface area contributed by atoms with Crippen LogP contribution in [0.15, 0.2) is 18.2 Å². The van der Waals surface area contributed by atoms with Gasteiger partial charge in [0.2, 0.25) is 0 Å². The molecule has 1 saturated heterocycles. The zero-order valence-corrected chi connectivity index (χ0v) is 15.2. The highest BCUT2D eigenvalue weighted by molar-refractivity contribution is 7.22. The molecule has 0 atom stereocenters. The second kappa shape index (κ2) is 7.82. The van der Waals surface area contributed by atoms with Crippen molar-refractivity contribution in [3.05, 3.63) is 23.8 Å². The minimum absolute atomic E-state index is 0.325. The molecule has 2 aromatic rings. The van der Waals surface area contributed by atoms with Crippen molar-refractivity contribution in [2.75, 3.05) is 24.6 Å². The average Bonchev–Trinajstić information content (AvgIpc) is 3.01. The number of thiazole rings is 1. The fourth-order valence-electron chi connectivity index (χ4n) is 3.11. The smallest absolute Gasteiger partial charge is 0.306 e. The van der Waals surface area contributed by atoms with Gasteiger partial charge in [-0.15, -0.1) is 0 Å². The van der Waals surface area contributed by atoms with E-state index < -0.39 is 5.91 Å². The van der Waals surface area contributed by atoms with Gasteiger partial charge < -0.3 is 15.4 Å². The highest BCUT2D eigenvalue weighted by Crippen LogP contribution is 2.32. The zero-order chi connectivity index (χ0) is 17.8. The van der Waals surface area contributed by atoms with Gasteiger partial charge in [-0.05, 0) is 49.8 Å². The monoisotopic (exact) mass is 361 g/mol. The number of hydrogen-bond acceptors (Lipinski definition) is 6. The van der Waals surface area contributed by atoms with Gasteiger partial charge in [0.05, 0.1) is 10.2 Å². The van der Waals surface area contributed by atoms with Crippen molar-refractivity contribution in [3.63, 3.8) is 0 Å². The van der Waals surface area contributed by atoms with Crippen molar-refractivity contribution >= 4 is 38.6 Å². The maximum Gasteiger partial charge on any atom is 0.306 e. The molecule has 25 heavy (non-hydrogen) atoms. The molecule has 1 aromatic heterocycles. The third-order valence-electron chi connectivity index (χ3n) is 4.55. The predicted octanol–water partition coefficient (Wildman–Crippen LogP) is 2.63. The number of hydrogen-bond donors (Lipinski definition) is 1. The zero-order valence-electron chi connectivity index (χ0n) is 14.4. The molecule has 0 aliphatic carbocycles. The van der Waals surface area contributed by atoms with Crippen molar-refractivity contribution in [1.82, 2.24) is 4.98 Å². The molecule has 1 aliphatic heterocycles. The topological polar surface area (TPSA) is 85.5 Å². The molecular weight excluding hydrogens is 338 g/mol. The Balaban J connectivity index is 1.48. The van der Waals surface area contributed by atoms with E-state index in [1.165, 1.54) is 10.3 Å². The van der Waals surface area contributed by atoms with Gasteiger partial charge in [0, 0.05) is 19.5 Å². The summed E-state index contributed by atoms with van der Waals surface area (Å²) in [5, 5.41) is 1.08. The number of anilines is 1. The van der Waals surface area contributed by atoms with Gasteiger partial charge >= 0.3 is 5.97 Å². The van der Waals surface area contributed by atoms with Gasteiger partial charge in [0.25, 0.3) is 5.91 Å². The van der Waals surface area contributed by atoms with E-state index in [0.29, 0.717) is 12.3 Å². The second-order valence-corrected chi connectivity index (χ2v) is 7.57. The van der Waals surface area contributed by atoms with Gasteiger partial charge in [0.15, 0.2) is 11.7 Å². The maximum atomic E-state index is 11.6. The van der Waals surface area contributed by atoms with Crippen LogP contribution < -0.4 is 10.6 Å². The van der Waals surface area contributed by atoms with Crippen molar-refractivity contribution in [2.24, 2.45) is 11.7 Å². The fraction of sp³-hybridized carbons (Fsp3) is 0.500. The number of ether oxygens (including phenoxy) is 1. The van der Waals surface area contributed by atoms with Crippen molar-refractivity contribution in [2.45, 2.75) is 32.6 Å². The molecular formula is C18H23N3O3S.